The molecule has 1 aromatic heterocycles. The van der Waals surface area contributed by atoms with Crippen LogP contribution in [0.2, 0.25) is 0 Å². The number of rotatable bonds is 5. The Kier molecular flexibility index (Phi) is 5.56. The Hall–Kier alpha value is -4.46. The first-order valence-electron chi connectivity index (χ1n) is 10.8. The van der Waals surface area contributed by atoms with Gasteiger partial charge in [-0.15, -0.1) is 0 Å². The number of ether oxygens (including phenoxy) is 4. The van der Waals surface area contributed by atoms with Crippen molar-refractivity contribution in [3.63, 3.8) is 0 Å². The number of fused-ring (bicyclic) bond motifs is 3. The Balaban J connectivity index is 1.84. The number of carbonyl (C=O) groups excluding carboxylic acids is 1. The van der Waals surface area contributed by atoms with E-state index in [-0.39, 0.29) is 28.9 Å². The van der Waals surface area contributed by atoms with E-state index in [4.69, 9.17) is 23.4 Å². The van der Waals surface area contributed by atoms with Crippen molar-refractivity contribution in [2.24, 2.45) is 0 Å². The van der Waals surface area contributed by atoms with Crippen molar-refractivity contribution in [2.45, 2.75) is 12.3 Å². The summed E-state index contributed by atoms with van der Waals surface area (Å²) in [7, 11) is 4.53. The van der Waals surface area contributed by atoms with Crippen molar-refractivity contribution >= 4 is 16.9 Å². The highest BCUT2D eigenvalue weighted by atomic mass is 16.5. The third kappa shape index (κ3) is 3.73. The molecule has 0 spiro atoms. The predicted octanol–water partition coefficient (Wildman–Crippen LogP) is 4.63. The maximum atomic E-state index is 13.1. The van der Waals surface area contributed by atoms with E-state index in [2.05, 4.69) is 0 Å². The minimum Gasteiger partial charge on any atom is -0.507 e. The topological polar surface area (TPSA) is 104 Å². The third-order valence-corrected chi connectivity index (χ3v) is 6.09. The standard InChI is InChI=1S/C27H22O8/c1-31-20-13-22(33-3)21(32-2)9-15(20)16-10-24(30)34-23-12-18(29)26-17(28)11-19(35-27(26)25(16)23)14-7-5-4-6-8-14/h4-9,11-13,16,29H,10H2,1-3H3/t16-/m0/s1. The molecule has 0 saturated carbocycles. The first kappa shape index (κ1) is 22.3. The summed E-state index contributed by atoms with van der Waals surface area (Å²) in [6.45, 7) is 0. The Bertz CT molecular complexity index is 1500. The van der Waals surface area contributed by atoms with E-state index in [0.717, 1.165) is 0 Å². The highest BCUT2D eigenvalue weighted by Gasteiger charge is 2.35. The average molecular weight is 474 g/mol. The molecular formula is C27H22O8. The molecule has 0 aliphatic carbocycles. The highest BCUT2D eigenvalue weighted by molar-refractivity contribution is 5.93. The van der Waals surface area contributed by atoms with E-state index >= 15 is 0 Å². The average Bonchev–Trinajstić information content (AvgIpc) is 2.87. The number of phenolic OH excluding ortho intramolecular Hbond substituents is 1. The summed E-state index contributed by atoms with van der Waals surface area (Å²) in [6, 6.07) is 15.1. The van der Waals surface area contributed by atoms with Crippen molar-refractivity contribution in [2.75, 3.05) is 21.3 Å². The molecule has 1 atom stereocenters. The largest absolute Gasteiger partial charge is 0.507 e. The van der Waals surface area contributed by atoms with Crippen molar-refractivity contribution in [1.29, 1.82) is 0 Å². The van der Waals surface area contributed by atoms with Crippen LogP contribution in [0.5, 0.6) is 28.7 Å². The molecule has 35 heavy (non-hydrogen) atoms. The van der Waals surface area contributed by atoms with Crippen LogP contribution in [0, 0.1) is 0 Å². The van der Waals surface area contributed by atoms with Crippen molar-refractivity contribution < 1.29 is 33.3 Å². The molecule has 0 bridgehead atoms. The molecule has 1 aliphatic heterocycles. The normalized spacial score (nSPS) is 14.8. The van der Waals surface area contributed by atoms with E-state index in [1.54, 1.807) is 12.1 Å². The first-order valence-corrected chi connectivity index (χ1v) is 10.8. The number of hydrogen-bond acceptors (Lipinski definition) is 8. The van der Waals surface area contributed by atoms with Crippen molar-refractivity contribution in [3.05, 3.63) is 75.9 Å². The fourth-order valence-electron chi connectivity index (χ4n) is 4.49. The monoisotopic (exact) mass is 474 g/mol. The maximum Gasteiger partial charge on any atom is 0.312 e. The summed E-state index contributed by atoms with van der Waals surface area (Å²) >= 11 is 0. The Morgan fingerprint density at radius 2 is 1.57 bits per heavy atom. The molecule has 0 radical (unpaired) electrons. The number of benzene rings is 3. The molecule has 0 saturated heterocycles. The molecule has 2 heterocycles. The van der Waals surface area contributed by atoms with Crippen LogP contribution in [0.25, 0.3) is 22.3 Å². The van der Waals surface area contributed by atoms with E-state index in [1.807, 2.05) is 30.3 Å². The van der Waals surface area contributed by atoms with E-state index in [1.165, 1.54) is 33.5 Å². The van der Waals surface area contributed by atoms with Crippen LogP contribution in [0.3, 0.4) is 0 Å². The van der Waals surface area contributed by atoms with Gasteiger partial charge in [0.15, 0.2) is 16.9 Å². The summed E-state index contributed by atoms with van der Waals surface area (Å²) < 4.78 is 28.2. The Labute approximate surface area is 200 Å². The Morgan fingerprint density at radius 3 is 2.26 bits per heavy atom. The van der Waals surface area contributed by atoms with E-state index in [0.29, 0.717) is 39.7 Å². The van der Waals surface area contributed by atoms with Crippen LogP contribution in [0.1, 0.15) is 23.5 Å². The van der Waals surface area contributed by atoms with Gasteiger partial charge in [0.2, 0.25) is 0 Å². The lowest BCUT2D eigenvalue weighted by Crippen LogP contribution is -2.22. The Morgan fingerprint density at radius 1 is 0.886 bits per heavy atom. The van der Waals surface area contributed by atoms with Crippen molar-refractivity contribution in [1.82, 2.24) is 0 Å². The predicted molar refractivity (Wildman–Crippen MR) is 128 cm³/mol. The first-order chi connectivity index (χ1) is 16.9. The maximum absolute atomic E-state index is 13.1. The van der Waals surface area contributed by atoms with Crippen molar-refractivity contribution in [3.8, 4) is 40.1 Å². The van der Waals surface area contributed by atoms with Crippen LogP contribution in [0.15, 0.2) is 63.8 Å². The van der Waals surface area contributed by atoms with Crippen LogP contribution in [-0.4, -0.2) is 32.4 Å². The fraction of sp³-hybridized carbons (Fsp3) is 0.185. The second-order valence-corrected chi connectivity index (χ2v) is 8.03. The van der Waals surface area contributed by atoms with Crippen LogP contribution in [0.4, 0.5) is 0 Å². The van der Waals surface area contributed by atoms with Gasteiger partial charge in [-0.2, -0.15) is 0 Å². The number of hydrogen-bond donors (Lipinski definition) is 1. The SMILES string of the molecule is COc1cc(OC)c([C@@H]2CC(=O)Oc3cc(O)c4c(=O)cc(-c5ccccc5)oc4c32)cc1OC. The number of aromatic hydroxyl groups is 1. The summed E-state index contributed by atoms with van der Waals surface area (Å²) in [5.41, 5.74) is 1.48. The lowest BCUT2D eigenvalue weighted by Gasteiger charge is -2.27. The van der Waals surface area contributed by atoms with Gasteiger partial charge in [0.1, 0.15) is 34.0 Å². The lowest BCUT2D eigenvalue weighted by molar-refractivity contribution is -0.135. The summed E-state index contributed by atoms with van der Waals surface area (Å²) in [4.78, 5) is 25.7. The zero-order chi connectivity index (χ0) is 24.7. The minimum atomic E-state index is -0.613. The van der Waals surface area contributed by atoms with Gasteiger partial charge in [-0.3, -0.25) is 9.59 Å². The fourth-order valence-corrected chi connectivity index (χ4v) is 4.49. The molecule has 0 amide bonds. The van der Waals surface area contributed by atoms with Gasteiger partial charge in [-0.25, -0.2) is 0 Å². The number of esters is 1. The molecular weight excluding hydrogens is 452 g/mol. The molecule has 1 aliphatic rings. The van der Waals surface area contributed by atoms with Crippen LogP contribution in [-0.2, 0) is 4.79 Å². The zero-order valence-electron chi connectivity index (χ0n) is 19.3. The second-order valence-electron chi connectivity index (χ2n) is 8.03. The van der Waals surface area contributed by atoms with Gasteiger partial charge in [-0.05, 0) is 6.07 Å². The quantitative estimate of drug-likeness (QED) is 0.330. The van der Waals surface area contributed by atoms with Gasteiger partial charge in [0.05, 0.1) is 27.8 Å². The second kappa shape index (κ2) is 8.72. The molecule has 3 aromatic carbocycles. The molecule has 0 unspecified atom stereocenters. The zero-order valence-corrected chi connectivity index (χ0v) is 19.3. The molecule has 8 heteroatoms. The van der Waals surface area contributed by atoms with Crippen LogP contribution < -0.4 is 24.4 Å². The molecule has 178 valence electrons. The van der Waals surface area contributed by atoms with E-state index in [9.17, 15) is 14.7 Å². The van der Waals surface area contributed by atoms with Gasteiger partial charge in [0, 0.05) is 40.8 Å². The molecule has 1 N–H and O–H groups in total. The molecule has 8 nitrogen and oxygen atoms in total. The number of methoxy groups -OCH3 is 3. The lowest BCUT2D eigenvalue weighted by atomic mass is 9.84. The summed E-state index contributed by atoms with van der Waals surface area (Å²) in [6.07, 6.45) is -0.0437. The molecule has 5 rings (SSSR count). The smallest absolute Gasteiger partial charge is 0.312 e. The number of carbonyl (C=O) groups is 1. The summed E-state index contributed by atoms with van der Waals surface area (Å²) in [5.74, 6) is 0.347. The molecule has 4 aromatic rings. The minimum absolute atomic E-state index is 0.00539. The van der Waals surface area contributed by atoms with Gasteiger partial charge >= 0.3 is 5.97 Å². The van der Waals surface area contributed by atoms with Gasteiger partial charge < -0.3 is 28.5 Å². The van der Waals surface area contributed by atoms with E-state index < -0.39 is 17.3 Å². The number of phenols is 1. The third-order valence-electron chi connectivity index (χ3n) is 6.09. The highest BCUT2D eigenvalue weighted by Crippen LogP contribution is 2.49. The van der Waals surface area contributed by atoms with Crippen LogP contribution >= 0.6 is 0 Å². The van der Waals surface area contributed by atoms with Gasteiger partial charge in [0.25, 0.3) is 0 Å². The van der Waals surface area contributed by atoms with Gasteiger partial charge in [-0.1, -0.05) is 30.3 Å². The summed E-state index contributed by atoms with van der Waals surface area (Å²) in [5, 5.41) is 10.7. The molecule has 0 fully saturated rings.